The molecule has 2 nitrogen and oxygen atoms in total. The van der Waals surface area contributed by atoms with Gasteiger partial charge in [-0.25, -0.2) is 0 Å². The van der Waals surface area contributed by atoms with Crippen LogP contribution >= 0.6 is 0 Å². The summed E-state index contributed by atoms with van der Waals surface area (Å²) >= 11 is 0. The zero-order valence-corrected chi connectivity index (χ0v) is 12.3. The summed E-state index contributed by atoms with van der Waals surface area (Å²) in [5.41, 5.74) is 0. The van der Waals surface area contributed by atoms with Gasteiger partial charge in [0, 0.05) is 0 Å². The van der Waals surface area contributed by atoms with Gasteiger partial charge in [-0.3, -0.25) is 4.79 Å². The van der Waals surface area contributed by atoms with Gasteiger partial charge < -0.3 is 4.43 Å². The van der Waals surface area contributed by atoms with Gasteiger partial charge in [0.2, 0.25) is 0 Å². The molecule has 0 aliphatic rings. The van der Waals surface area contributed by atoms with Crippen LogP contribution in [0, 0.1) is 5.92 Å². The first kappa shape index (κ1) is 14.7. The van der Waals surface area contributed by atoms with Crippen molar-refractivity contribution in [3.63, 3.8) is 0 Å². The first-order valence-corrected chi connectivity index (χ1v) is 8.79. The molecule has 0 bridgehead atoms. The fourth-order valence-electron chi connectivity index (χ4n) is 1.11. The van der Waals surface area contributed by atoms with Gasteiger partial charge in [-0.2, -0.15) is 0 Å². The third-order valence-corrected chi connectivity index (χ3v) is 7.80. The molecule has 0 rings (SSSR count). The molecular formula is C12H26O2Si. The van der Waals surface area contributed by atoms with E-state index in [0.29, 0.717) is 0 Å². The van der Waals surface area contributed by atoms with E-state index in [1.165, 1.54) is 0 Å². The number of hydrogen-bond acceptors (Lipinski definition) is 2. The van der Waals surface area contributed by atoms with Gasteiger partial charge in [-0.05, 0) is 31.0 Å². The van der Waals surface area contributed by atoms with Crippen molar-refractivity contribution in [2.75, 3.05) is 0 Å². The van der Waals surface area contributed by atoms with E-state index in [0.717, 1.165) is 12.8 Å². The molecule has 0 unspecified atom stereocenters. The molecule has 0 heterocycles. The second-order valence-electron chi connectivity index (χ2n) is 5.69. The van der Waals surface area contributed by atoms with E-state index in [2.05, 4.69) is 33.9 Å². The monoisotopic (exact) mass is 230 g/mol. The van der Waals surface area contributed by atoms with E-state index < -0.39 is 8.32 Å². The summed E-state index contributed by atoms with van der Waals surface area (Å²) in [6.45, 7) is 14.8. The predicted octanol–water partition coefficient (Wildman–Crippen LogP) is 3.97. The molecule has 0 saturated carbocycles. The van der Waals surface area contributed by atoms with Crippen molar-refractivity contribution in [3.05, 3.63) is 0 Å². The summed E-state index contributed by atoms with van der Waals surface area (Å²) in [5.74, 6) is 0.0886. The highest BCUT2D eigenvalue weighted by atomic mass is 28.4. The molecule has 0 fully saturated rings. The van der Waals surface area contributed by atoms with E-state index >= 15 is 0 Å². The molecular weight excluding hydrogens is 204 g/mol. The lowest BCUT2D eigenvalue weighted by atomic mass is 10.0. The zero-order valence-electron chi connectivity index (χ0n) is 11.3. The molecule has 0 N–H and O–H groups in total. The third-order valence-electron chi connectivity index (χ3n) is 3.48. The van der Waals surface area contributed by atoms with E-state index in [1.807, 2.05) is 13.8 Å². The number of hydrogen-bond donors (Lipinski definition) is 0. The largest absolute Gasteiger partial charge is 0.519 e. The fourth-order valence-corrected chi connectivity index (χ4v) is 2.09. The fraction of sp³-hybridized carbons (Fsp3) is 0.917. The maximum Gasteiger partial charge on any atom is 0.295 e. The molecule has 90 valence electrons. The highest BCUT2D eigenvalue weighted by molar-refractivity contribution is 6.75. The Morgan fingerprint density at radius 3 is 1.87 bits per heavy atom. The van der Waals surface area contributed by atoms with Crippen molar-refractivity contribution < 1.29 is 9.22 Å². The van der Waals surface area contributed by atoms with Crippen LogP contribution in [0.4, 0.5) is 0 Å². The van der Waals surface area contributed by atoms with Gasteiger partial charge in [0.1, 0.15) is 0 Å². The Morgan fingerprint density at radius 1 is 1.20 bits per heavy atom. The van der Waals surface area contributed by atoms with Crippen LogP contribution in [0.2, 0.25) is 18.1 Å². The van der Waals surface area contributed by atoms with Gasteiger partial charge in [0.15, 0.2) is 0 Å². The lowest BCUT2D eigenvalue weighted by molar-refractivity contribution is -0.140. The maximum atomic E-state index is 11.9. The summed E-state index contributed by atoms with van der Waals surface area (Å²) in [7, 11) is -1.91. The number of rotatable bonds is 4. The maximum absolute atomic E-state index is 11.9. The summed E-state index contributed by atoms with van der Waals surface area (Å²) in [6.07, 6.45) is 1.76. The Hall–Kier alpha value is -0.313. The molecule has 0 amide bonds. The van der Waals surface area contributed by atoms with E-state index in [4.69, 9.17) is 4.43 Å². The van der Waals surface area contributed by atoms with Crippen molar-refractivity contribution >= 4 is 14.3 Å². The molecule has 3 heteroatoms. The minimum absolute atomic E-state index is 0.00610. The van der Waals surface area contributed by atoms with Crippen LogP contribution in [0.25, 0.3) is 0 Å². The van der Waals surface area contributed by atoms with Crippen LogP contribution < -0.4 is 0 Å². The van der Waals surface area contributed by atoms with Crippen molar-refractivity contribution in [2.45, 2.75) is 65.6 Å². The SMILES string of the molecule is CCC(CC)C(=O)O[Si](C)(C)C(C)(C)C. The van der Waals surface area contributed by atoms with Crippen molar-refractivity contribution in [1.29, 1.82) is 0 Å². The van der Waals surface area contributed by atoms with Crippen LogP contribution in [0.15, 0.2) is 0 Å². The molecule has 0 radical (unpaired) electrons. The number of carbonyl (C=O) groups excluding carboxylic acids is 1. The van der Waals surface area contributed by atoms with Crippen molar-refractivity contribution in [1.82, 2.24) is 0 Å². The second-order valence-corrected chi connectivity index (χ2v) is 10.4. The minimum Gasteiger partial charge on any atom is -0.519 e. The minimum atomic E-state index is -1.91. The van der Waals surface area contributed by atoms with Crippen molar-refractivity contribution in [3.8, 4) is 0 Å². The topological polar surface area (TPSA) is 26.3 Å². The molecule has 0 atom stereocenters. The molecule has 0 spiro atoms. The summed E-state index contributed by atoms with van der Waals surface area (Å²) in [4.78, 5) is 11.9. The standard InChI is InChI=1S/C12H26O2Si/c1-8-10(9-2)11(13)14-15(6,7)12(3,4)5/h10H,8-9H2,1-7H3. The van der Waals surface area contributed by atoms with Gasteiger partial charge in [-0.15, -0.1) is 0 Å². The molecule has 0 saturated heterocycles. The smallest absolute Gasteiger partial charge is 0.295 e. The molecule has 0 aromatic carbocycles. The Bertz CT molecular complexity index is 212. The van der Waals surface area contributed by atoms with Crippen molar-refractivity contribution in [2.24, 2.45) is 5.92 Å². The Balaban J connectivity index is 4.53. The zero-order chi connectivity index (χ0) is 12.3. The van der Waals surface area contributed by atoms with Crippen LogP contribution in [0.1, 0.15) is 47.5 Å². The van der Waals surface area contributed by atoms with E-state index in [9.17, 15) is 4.79 Å². The third kappa shape index (κ3) is 3.97. The van der Waals surface area contributed by atoms with Crippen LogP contribution in [0.3, 0.4) is 0 Å². The summed E-state index contributed by atoms with van der Waals surface area (Å²) in [6, 6.07) is 0. The average molecular weight is 230 g/mol. The normalized spacial score (nSPS) is 13.1. The summed E-state index contributed by atoms with van der Waals surface area (Å²) in [5, 5.41) is 0.106. The average Bonchev–Trinajstić information content (AvgIpc) is 2.03. The Morgan fingerprint density at radius 2 is 1.60 bits per heavy atom. The first-order chi connectivity index (χ1) is 6.65. The quantitative estimate of drug-likeness (QED) is 0.683. The van der Waals surface area contributed by atoms with Crippen LogP contribution in [0.5, 0.6) is 0 Å². The van der Waals surface area contributed by atoms with Crippen LogP contribution in [-0.4, -0.2) is 14.3 Å². The van der Waals surface area contributed by atoms with Crippen LogP contribution in [-0.2, 0) is 9.22 Å². The summed E-state index contributed by atoms with van der Waals surface area (Å²) < 4.78 is 5.75. The predicted molar refractivity (Wildman–Crippen MR) is 67.4 cm³/mol. The molecule has 0 aromatic rings. The van der Waals surface area contributed by atoms with Gasteiger partial charge in [-0.1, -0.05) is 34.6 Å². The lowest BCUT2D eigenvalue weighted by Gasteiger charge is -2.36. The second kappa shape index (κ2) is 5.15. The van der Waals surface area contributed by atoms with E-state index in [1.54, 1.807) is 0 Å². The Labute approximate surface area is 95.5 Å². The number of carbonyl (C=O) groups is 1. The Kier molecular flexibility index (Phi) is 5.04. The molecule has 0 aliphatic heterocycles. The lowest BCUT2D eigenvalue weighted by Crippen LogP contribution is -2.44. The molecule has 15 heavy (non-hydrogen) atoms. The van der Waals surface area contributed by atoms with E-state index in [-0.39, 0.29) is 16.9 Å². The molecule has 0 aliphatic carbocycles. The van der Waals surface area contributed by atoms with Gasteiger partial charge in [0.25, 0.3) is 14.3 Å². The first-order valence-electron chi connectivity index (χ1n) is 5.88. The van der Waals surface area contributed by atoms with Gasteiger partial charge >= 0.3 is 0 Å². The highest BCUT2D eigenvalue weighted by Crippen LogP contribution is 2.37. The highest BCUT2D eigenvalue weighted by Gasteiger charge is 2.41. The van der Waals surface area contributed by atoms with Gasteiger partial charge in [0.05, 0.1) is 5.92 Å². The molecule has 0 aromatic heterocycles.